The minimum Gasteiger partial charge on any atom is -0.396 e. The van der Waals surface area contributed by atoms with Crippen LogP contribution in [0, 0.1) is 19.8 Å². The monoisotopic (exact) mass is 508 g/mol. The molecule has 0 spiro atoms. The van der Waals surface area contributed by atoms with Gasteiger partial charge in [0.2, 0.25) is 5.95 Å². The van der Waals surface area contributed by atoms with Gasteiger partial charge < -0.3 is 26.0 Å². The Bertz CT molecular complexity index is 1310. The number of fused-ring (bicyclic) bond motifs is 1. The van der Waals surface area contributed by atoms with Crippen LogP contribution in [0.3, 0.4) is 0 Å². The zero-order valence-electron chi connectivity index (χ0n) is 19.1. The van der Waals surface area contributed by atoms with Crippen LogP contribution in [0.4, 0.5) is 11.8 Å². The molecule has 3 aromatic heterocycles. The van der Waals surface area contributed by atoms with E-state index in [1.165, 1.54) is 11.3 Å². The number of aliphatic hydroxyl groups excluding tert-OH is 2. The van der Waals surface area contributed by atoms with Crippen molar-refractivity contribution in [3.8, 4) is 10.6 Å². The van der Waals surface area contributed by atoms with Gasteiger partial charge >= 0.3 is 0 Å². The van der Waals surface area contributed by atoms with E-state index in [0.717, 1.165) is 22.2 Å². The second kappa shape index (κ2) is 9.30. The maximum atomic E-state index is 11.5. The molecule has 5 N–H and O–H groups in total. The Labute approximate surface area is 201 Å². The van der Waals surface area contributed by atoms with Gasteiger partial charge in [0.1, 0.15) is 32.3 Å². The van der Waals surface area contributed by atoms with Crippen LogP contribution in [0.25, 0.3) is 20.8 Å². The van der Waals surface area contributed by atoms with Gasteiger partial charge in [0.05, 0.1) is 27.4 Å². The van der Waals surface area contributed by atoms with Crippen molar-refractivity contribution in [2.45, 2.75) is 38.5 Å². The molecule has 34 heavy (non-hydrogen) atoms. The Hall–Kier alpha value is -2.45. The van der Waals surface area contributed by atoms with Gasteiger partial charge in [0, 0.05) is 31.5 Å². The van der Waals surface area contributed by atoms with Crippen LogP contribution < -0.4 is 10.6 Å². The maximum absolute atomic E-state index is 11.5. The first kappa shape index (κ1) is 24.7. The largest absolute Gasteiger partial charge is 0.396 e. The fourth-order valence-electron chi connectivity index (χ4n) is 4.07. The van der Waals surface area contributed by atoms with E-state index in [1.807, 2.05) is 13.0 Å². The molecule has 11 nitrogen and oxygen atoms in total. The molecule has 3 unspecified atom stereocenters. The van der Waals surface area contributed by atoms with Crippen LogP contribution in [0.5, 0.6) is 0 Å². The summed E-state index contributed by atoms with van der Waals surface area (Å²) in [6.45, 7) is 3.51. The number of nitrogens with zero attached hydrogens (tertiary/aromatic N) is 4. The normalized spacial score (nSPS) is 22.9. The molecule has 3 aromatic rings. The number of hydrogen-bond acceptors (Lipinski definition) is 12. The average Bonchev–Trinajstić information content (AvgIpc) is 3.29. The first-order chi connectivity index (χ1) is 16.0. The highest BCUT2D eigenvalue weighted by molar-refractivity contribution is 7.90. The molecular formula is C21H28N6O5S2. The van der Waals surface area contributed by atoms with Crippen LogP contribution in [0.2, 0.25) is 0 Å². The van der Waals surface area contributed by atoms with Crippen molar-refractivity contribution >= 4 is 43.2 Å². The summed E-state index contributed by atoms with van der Waals surface area (Å²) >= 11 is 1.43. The molecular weight excluding hydrogens is 480 g/mol. The van der Waals surface area contributed by atoms with Gasteiger partial charge in [-0.3, -0.25) is 4.98 Å². The first-order valence-corrected chi connectivity index (χ1v) is 13.7. The standard InChI is InChI=1S/C21H28N6O5S2/c1-11-15(19-25-16-12(2)22-7-5-14(16)33-19)18(26-20(24-11)23-8-9-34(3,31)32)27-21(30)6-4-13(10-28)17(21)29/h5,7,13,17,28-30H,4,6,8-10H2,1-3H3,(H2,23,24,26,27). The highest BCUT2D eigenvalue weighted by Crippen LogP contribution is 2.40. The predicted molar refractivity (Wildman–Crippen MR) is 131 cm³/mol. The predicted octanol–water partition coefficient (Wildman–Crippen LogP) is 1.09. The molecule has 0 saturated heterocycles. The highest BCUT2D eigenvalue weighted by atomic mass is 32.2. The summed E-state index contributed by atoms with van der Waals surface area (Å²) in [5, 5.41) is 37.8. The van der Waals surface area contributed by atoms with Crippen molar-refractivity contribution in [3.05, 3.63) is 23.7 Å². The first-order valence-electron chi connectivity index (χ1n) is 10.8. The summed E-state index contributed by atoms with van der Waals surface area (Å²) in [5.41, 5.74) is 0.938. The van der Waals surface area contributed by atoms with Crippen molar-refractivity contribution in [2.75, 3.05) is 35.8 Å². The van der Waals surface area contributed by atoms with Crippen LogP contribution in [-0.2, 0) is 9.84 Å². The van der Waals surface area contributed by atoms with Crippen LogP contribution >= 0.6 is 11.3 Å². The van der Waals surface area contributed by atoms with E-state index < -0.39 is 27.6 Å². The summed E-state index contributed by atoms with van der Waals surface area (Å²) in [6.07, 6.45) is 2.30. The fourth-order valence-corrected chi connectivity index (χ4v) is 5.65. The molecule has 4 rings (SSSR count). The molecule has 0 aromatic carbocycles. The number of hydrogen-bond donors (Lipinski definition) is 5. The molecule has 1 saturated carbocycles. The van der Waals surface area contributed by atoms with E-state index in [-0.39, 0.29) is 37.1 Å². The number of nitrogens with one attached hydrogen (secondary N) is 2. The van der Waals surface area contributed by atoms with Crippen LogP contribution in [0.15, 0.2) is 12.3 Å². The Morgan fingerprint density at radius 2 is 2.00 bits per heavy atom. The van der Waals surface area contributed by atoms with Crippen LogP contribution in [-0.4, -0.2) is 80.7 Å². The van der Waals surface area contributed by atoms with E-state index in [1.54, 1.807) is 13.1 Å². The van der Waals surface area contributed by atoms with Gasteiger partial charge in [-0.15, -0.1) is 11.3 Å². The Kier molecular flexibility index (Phi) is 6.75. The average molecular weight is 509 g/mol. The number of pyridine rings is 1. The number of anilines is 2. The highest BCUT2D eigenvalue weighted by Gasteiger charge is 2.47. The summed E-state index contributed by atoms with van der Waals surface area (Å²) in [7, 11) is -3.17. The third kappa shape index (κ3) is 4.98. The van der Waals surface area contributed by atoms with E-state index in [9.17, 15) is 23.7 Å². The lowest BCUT2D eigenvalue weighted by Gasteiger charge is -2.31. The van der Waals surface area contributed by atoms with Crippen LogP contribution in [0.1, 0.15) is 24.2 Å². The maximum Gasteiger partial charge on any atom is 0.224 e. The Morgan fingerprint density at radius 1 is 1.24 bits per heavy atom. The molecule has 0 radical (unpaired) electrons. The Balaban J connectivity index is 1.77. The molecule has 0 bridgehead atoms. The molecule has 1 aliphatic rings. The van der Waals surface area contributed by atoms with Crippen molar-refractivity contribution in [2.24, 2.45) is 5.92 Å². The molecule has 184 valence electrons. The molecule has 3 heterocycles. The number of thiazole rings is 1. The minimum absolute atomic E-state index is 0.0924. The third-order valence-corrected chi connectivity index (χ3v) is 7.94. The van der Waals surface area contributed by atoms with E-state index in [0.29, 0.717) is 22.7 Å². The van der Waals surface area contributed by atoms with E-state index in [2.05, 4.69) is 25.6 Å². The van der Waals surface area contributed by atoms with Crippen molar-refractivity contribution in [1.82, 2.24) is 19.9 Å². The van der Waals surface area contributed by atoms with E-state index in [4.69, 9.17) is 4.98 Å². The summed E-state index contributed by atoms with van der Waals surface area (Å²) < 4.78 is 23.9. The lowest BCUT2D eigenvalue weighted by atomic mass is 10.0. The number of sulfone groups is 1. The van der Waals surface area contributed by atoms with Gasteiger partial charge in [-0.1, -0.05) is 0 Å². The van der Waals surface area contributed by atoms with Crippen molar-refractivity contribution in [3.63, 3.8) is 0 Å². The second-order valence-corrected chi connectivity index (χ2v) is 11.9. The number of rotatable bonds is 8. The van der Waals surface area contributed by atoms with Gasteiger partial charge in [-0.25, -0.2) is 18.4 Å². The van der Waals surface area contributed by atoms with Gasteiger partial charge in [-0.2, -0.15) is 4.98 Å². The molecule has 3 atom stereocenters. The molecule has 0 aliphatic heterocycles. The number of aromatic nitrogens is 4. The summed E-state index contributed by atoms with van der Waals surface area (Å²) in [5.74, 6) is -0.127. The zero-order valence-corrected chi connectivity index (χ0v) is 20.7. The fraction of sp³-hybridized carbons (Fsp3) is 0.524. The SMILES string of the molecule is Cc1nc(NCCS(C)(=O)=O)nc(NC2(O)CCC(CO)C2O)c1-c1nc2c(C)nccc2s1. The molecule has 1 fully saturated rings. The van der Waals surface area contributed by atoms with Gasteiger partial charge in [0.25, 0.3) is 0 Å². The number of aliphatic hydroxyl groups is 3. The second-order valence-electron chi connectivity index (χ2n) is 8.65. The zero-order chi connectivity index (χ0) is 24.7. The molecule has 1 aliphatic carbocycles. The lowest BCUT2D eigenvalue weighted by molar-refractivity contribution is -0.0545. The van der Waals surface area contributed by atoms with Crippen molar-refractivity contribution < 1.29 is 23.7 Å². The lowest BCUT2D eigenvalue weighted by Crippen LogP contribution is -2.48. The smallest absolute Gasteiger partial charge is 0.224 e. The summed E-state index contributed by atoms with van der Waals surface area (Å²) in [4.78, 5) is 18.0. The van der Waals surface area contributed by atoms with E-state index >= 15 is 0 Å². The minimum atomic E-state index is -3.17. The van der Waals surface area contributed by atoms with Gasteiger partial charge in [-0.05, 0) is 32.8 Å². The van der Waals surface area contributed by atoms with Crippen molar-refractivity contribution in [1.29, 1.82) is 0 Å². The van der Waals surface area contributed by atoms with Gasteiger partial charge in [0.15, 0.2) is 5.72 Å². The molecule has 13 heteroatoms. The molecule has 0 amide bonds. The topological polar surface area (TPSA) is 170 Å². The quantitative estimate of drug-likeness (QED) is 0.276. The summed E-state index contributed by atoms with van der Waals surface area (Å²) in [6, 6.07) is 1.87. The number of aryl methyl sites for hydroxylation is 2. The Morgan fingerprint density at radius 3 is 2.65 bits per heavy atom. The third-order valence-electron chi connectivity index (χ3n) is 5.95.